The second-order valence-electron chi connectivity index (χ2n) is 4.85. The molecule has 5 nitrogen and oxygen atoms in total. The van der Waals surface area contributed by atoms with Crippen LogP contribution >= 0.6 is 0 Å². The quantitative estimate of drug-likeness (QED) is 0.852. The summed E-state index contributed by atoms with van der Waals surface area (Å²) in [5.74, 6) is -0.0228. The third kappa shape index (κ3) is 3.94. The number of ether oxygens (including phenoxy) is 1. The number of nitrogens with one attached hydrogen (secondary N) is 1. The summed E-state index contributed by atoms with van der Waals surface area (Å²) in [4.78, 5) is 16.1. The molecule has 0 atom stereocenters. The number of anilines is 1. The SMILES string of the molecule is CN(C)c1ccc(C(=O)NCCN2CCOC2)cc1. The molecule has 1 fully saturated rings. The molecule has 19 heavy (non-hydrogen) atoms. The number of amides is 1. The van der Waals surface area contributed by atoms with Crippen LogP contribution in [0.5, 0.6) is 0 Å². The predicted octanol–water partition coefficient (Wildman–Crippen LogP) is 0.772. The first-order chi connectivity index (χ1) is 9.16. The van der Waals surface area contributed by atoms with Gasteiger partial charge in [-0.15, -0.1) is 0 Å². The Morgan fingerprint density at radius 2 is 2.11 bits per heavy atom. The second kappa shape index (κ2) is 6.54. The monoisotopic (exact) mass is 263 g/mol. The normalized spacial score (nSPS) is 15.5. The van der Waals surface area contributed by atoms with Crippen LogP contribution in [0, 0.1) is 0 Å². The second-order valence-corrected chi connectivity index (χ2v) is 4.85. The fourth-order valence-electron chi connectivity index (χ4n) is 1.97. The summed E-state index contributed by atoms with van der Waals surface area (Å²) in [6.07, 6.45) is 0. The van der Waals surface area contributed by atoms with Gasteiger partial charge in [0.05, 0.1) is 13.3 Å². The number of hydrogen-bond donors (Lipinski definition) is 1. The maximum atomic E-state index is 11.9. The zero-order valence-corrected chi connectivity index (χ0v) is 11.6. The van der Waals surface area contributed by atoms with Crippen molar-refractivity contribution in [2.75, 3.05) is 52.0 Å². The fraction of sp³-hybridized carbons (Fsp3) is 0.500. The van der Waals surface area contributed by atoms with Gasteiger partial charge in [-0.2, -0.15) is 0 Å². The lowest BCUT2D eigenvalue weighted by molar-refractivity contribution is 0.0942. The van der Waals surface area contributed by atoms with Gasteiger partial charge in [-0.25, -0.2) is 0 Å². The van der Waals surface area contributed by atoms with Crippen molar-refractivity contribution in [3.05, 3.63) is 29.8 Å². The first-order valence-electron chi connectivity index (χ1n) is 6.52. The molecule has 1 N–H and O–H groups in total. The summed E-state index contributed by atoms with van der Waals surface area (Å²) in [5, 5.41) is 2.92. The van der Waals surface area contributed by atoms with Crippen LogP contribution in [0.3, 0.4) is 0 Å². The van der Waals surface area contributed by atoms with Gasteiger partial charge in [-0.05, 0) is 24.3 Å². The largest absolute Gasteiger partial charge is 0.378 e. The molecule has 0 spiro atoms. The van der Waals surface area contributed by atoms with E-state index in [9.17, 15) is 4.79 Å². The van der Waals surface area contributed by atoms with Gasteiger partial charge in [0.1, 0.15) is 0 Å². The minimum absolute atomic E-state index is 0.0228. The van der Waals surface area contributed by atoms with Crippen LogP contribution in [0.2, 0.25) is 0 Å². The first-order valence-corrected chi connectivity index (χ1v) is 6.52. The topological polar surface area (TPSA) is 44.8 Å². The molecule has 0 aromatic heterocycles. The molecule has 0 radical (unpaired) electrons. The lowest BCUT2D eigenvalue weighted by Gasteiger charge is -2.14. The van der Waals surface area contributed by atoms with E-state index in [2.05, 4.69) is 10.2 Å². The van der Waals surface area contributed by atoms with Crippen LogP contribution in [0.15, 0.2) is 24.3 Å². The van der Waals surface area contributed by atoms with Gasteiger partial charge in [-0.1, -0.05) is 0 Å². The van der Waals surface area contributed by atoms with Gasteiger partial charge in [0.15, 0.2) is 0 Å². The van der Waals surface area contributed by atoms with Gasteiger partial charge in [0.2, 0.25) is 0 Å². The highest BCUT2D eigenvalue weighted by molar-refractivity contribution is 5.94. The minimum Gasteiger partial charge on any atom is -0.378 e. The molecule has 0 bridgehead atoms. The lowest BCUT2D eigenvalue weighted by Crippen LogP contribution is -2.33. The summed E-state index contributed by atoms with van der Waals surface area (Å²) in [7, 11) is 3.96. The first kappa shape index (κ1) is 13.8. The van der Waals surface area contributed by atoms with Crippen LogP contribution < -0.4 is 10.2 Å². The zero-order valence-electron chi connectivity index (χ0n) is 11.6. The van der Waals surface area contributed by atoms with Crippen molar-refractivity contribution in [1.82, 2.24) is 10.2 Å². The Balaban J connectivity index is 1.78. The summed E-state index contributed by atoms with van der Waals surface area (Å²) in [5.41, 5.74) is 1.79. The van der Waals surface area contributed by atoms with E-state index in [0.717, 1.165) is 25.4 Å². The Morgan fingerprint density at radius 3 is 2.68 bits per heavy atom. The molecular formula is C14H21N3O2. The molecule has 1 heterocycles. The zero-order chi connectivity index (χ0) is 13.7. The minimum atomic E-state index is -0.0228. The van der Waals surface area contributed by atoms with Crippen molar-refractivity contribution in [3.63, 3.8) is 0 Å². The van der Waals surface area contributed by atoms with Crippen LogP contribution in [0.1, 0.15) is 10.4 Å². The number of hydrogen-bond acceptors (Lipinski definition) is 4. The van der Waals surface area contributed by atoms with E-state index in [1.54, 1.807) is 0 Å². The smallest absolute Gasteiger partial charge is 0.251 e. The number of carbonyl (C=O) groups excluding carboxylic acids is 1. The van der Waals surface area contributed by atoms with Gasteiger partial charge >= 0.3 is 0 Å². The molecule has 104 valence electrons. The van der Waals surface area contributed by atoms with Crippen LogP contribution in [-0.4, -0.2) is 57.9 Å². The standard InChI is InChI=1S/C14H21N3O2/c1-16(2)13-5-3-12(4-6-13)14(18)15-7-8-17-9-10-19-11-17/h3-6H,7-11H2,1-2H3,(H,15,18). The molecule has 1 amide bonds. The van der Waals surface area contributed by atoms with E-state index in [0.29, 0.717) is 18.8 Å². The molecular weight excluding hydrogens is 242 g/mol. The van der Waals surface area contributed by atoms with Crippen molar-refractivity contribution >= 4 is 11.6 Å². The average Bonchev–Trinajstić information content (AvgIpc) is 2.92. The van der Waals surface area contributed by atoms with E-state index < -0.39 is 0 Å². The summed E-state index contributed by atoms with van der Waals surface area (Å²) < 4.78 is 5.24. The number of rotatable bonds is 5. The maximum absolute atomic E-state index is 11.9. The molecule has 1 aliphatic heterocycles. The molecule has 1 aromatic carbocycles. The summed E-state index contributed by atoms with van der Waals surface area (Å²) in [6.45, 7) is 3.90. The van der Waals surface area contributed by atoms with Gasteiger partial charge in [0, 0.05) is 45.0 Å². The Kier molecular flexibility index (Phi) is 4.76. The van der Waals surface area contributed by atoms with Crippen molar-refractivity contribution in [2.45, 2.75) is 0 Å². The van der Waals surface area contributed by atoms with Crippen molar-refractivity contribution in [2.24, 2.45) is 0 Å². The van der Waals surface area contributed by atoms with Gasteiger partial charge in [0.25, 0.3) is 5.91 Å². The van der Waals surface area contributed by atoms with E-state index in [1.807, 2.05) is 43.3 Å². The number of nitrogens with zero attached hydrogens (tertiary/aromatic N) is 2. The Labute approximate surface area is 114 Å². The third-order valence-electron chi connectivity index (χ3n) is 3.19. The van der Waals surface area contributed by atoms with E-state index in [1.165, 1.54) is 0 Å². The number of carbonyl (C=O) groups is 1. The van der Waals surface area contributed by atoms with Crippen LogP contribution in [-0.2, 0) is 4.74 Å². The molecule has 1 aromatic rings. The highest BCUT2D eigenvalue weighted by Gasteiger charge is 2.12. The molecule has 2 rings (SSSR count). The Hall–Kier alpha value is -1.59. The van der Waals surface area contributed by atoms with Crippen LogP contribution in [0.4, 0.5) is 5.69 Å². The van der Waals surface area contributed by atoms with E-state index >= 15 is 0 Å². The maximum Gasteiger partial charge on any atom is 0.251 e. The van der Waals surface area contributed by atoms with Gasteiger partial charge in [-0.3, -0.25) is 9.69 Å². The van der Waals surface area contributed by atoms with E-state index in [-0.39, 0.29) is 5.91 Å². The average molecular weight is 263 g/mol. The molecule has 0 saturated carbocycles. The summed E-state index contributed by atoms with van der Waals surface area (Å²) >= 11 is 0. The van der Waals surface area contributed by atoms with Crippen molar-refractivity contribution in [3.8, 4) is 0 Å². The molecule has 1 aliphatic rings. The lowest BCUT2D eigenvalue weighted by atomic mass is 10.2. The molecule has 0 aliphatic carbocycles. The van der Waals surface area contributed by atoms with Crippen molar-refractivity contribution in [1.29, 1.82) is 0 Å². The Bertz CT molecular complexity index is 411. The molecule has 0 unspecified atom stereocenters. The third-order valence-corrected chi connectivity index (χ3v) is 3.19. The van der Waals surface area contributed by atoms with Crippen LogP contribution in [0.25, 0.3) is 0 Å². The number of benzene rings is 1. The van der Waals surface area contributed by atoms with Crippen molar-refractivity contribution < 1.29 is 9.53 Å². The highest BCUT2D eigenvalue weighted by atomic mass is 16.5. The summed E-state index contributed by atoms with van der Waals surface area (Å²) in [6, 6.07) is 7.60. The molecule has 1 saturated heterocycles. The highest BCUT2D eigenvalue weighted by Crippen LogP contribution is 2.11. The molecule has 5 heteroatoms. The Morgan fingerprint density at radius 1 is 1.37 bits per heavy atom. The van der Waals surface area contributed by atoms with E-state index in [4.69, 9.17) is 4.74 Å². The van der Waals surface area contributed by atoms with Gasteiger partial charge < -0.3 is 15.0 Å². The fourth-order valence-corrected chi connectivity index (χ4v) is 1.97. The predicted molar refractivity (Wildman–Crippen MR) is 75.5 cm³/mol.